The van der Waals surface area contributed by atoms with Crippen LogP contribution in [0.15, 0.2) is 29.1 Å². The van der Waals surface area contributed by atoms with Crippen molar-refractivity contribution in [1.29, 1.82) is 0 Å². The highest BCUT2D eigenvalue weighted by molar-refractivity contribution is 5.76. The molecule has 36 heavy (non-hydrogen) atoms. The van der Waals surface area contributed by atoms with Crippen LogP contribution >= 0.6 is 0 Å². The molecule has 1 aromatic heterocycles. The summed E-state index contributed by atoms with van der Waals surface area (Å²) in [6, 6.07) is 9.72. The van der Waals surface area contributed by atoms with Crippen LogP contribution in [0, 0.1) is 0 Å². The average molecular weight is 497 g/mol. The maximum absolute atomic E-state index is 13.7. The fraction of sp³-hybridized carbons (Fsp3) is 0.679. The molecule has 1 aliphatic carbocycles. The maximum Gasteiger partial charge on any atom is 0.308 e. The van der Waals surface area contributed by atoms with Gasteiger partial charge in [-0.15, -0.1) is 0 Å². The van der Waals surface area contributed by atoms with Gasteiger partial charge in [0.15, 0.2) is 5.82 Å². The molecule has 3 heterocycles. The SMILES string of the molecule is COC(=O)CC(O)CNc1nc2ccccc2n(C2CC3CCC(C2)N3C2CCCCCCC2)c1=O. The first kappa shape index (κ1) is 25.2. The van der Waals surface area contributed by atoms with Crippen LogP contribution in [-0.2, 0) is 9.53 Å². The first-order chi connectivity index (χ1) is 17.5. The number of hydrogen-bond acceptors (Lipinski definition) is 7. The first-order valence-corrected chi connectivity index (χ1v) is 13.8. The van der Waals surface area contributed by atoms with Crippen molar-refractivity contribution in [1.82, 2.24) is 14.5 Å². The van der Waals surface area contributed by atoms with Crippen molar-refractivity contribution in [2.24, 2.45) is 0 Å². The Labute approximate surface area is 213 Å². The summed E-state index contributed by atoms with van der Waals surface area (Å²) >= 11 is 0. The lowest BCUT2D eigenvalue weighted by molar-refractivity contribution is -0.142. The van der Waals surface area contributed by atoms with Gasteiger partial charge >= 0.3 is 5.97 Å². The Morgan fingerprint density at radius 1 is 1.03 bits per heavy atom. The van der Waals surface area contributed by atoms with Gasteiger partial charge in [0.2, 0.25) is 0 Å². The number of nitrogens with one attached hydrogen (secondary N) is 1. The number of benzene rings is 1. The number of esters is 1. The summed E-state index contributed by atoms with van der Waals surface area (Å²) in [7, 11) is 1.29. The van der Waals surface area contributed by atoms with Crippen molar-refractivity contribution in [2.45, 2.75) is 107 Å². The number of hydrogen-bond donors (Lipinski definition) is 2. The van der Waals surface area contributed by atoms with E-state index >= 15 is 0 Å². The van der Waals surface area contributed by atoms with Crippen LogP contribution in [0.1, 0.15) is 83.1 Å². The van der Waals surface area contributed by atoms with E-state index in [9.17, 15) is 14.7 Å². The number of piperidine rings is 1. The molecule has 3 aliphatic rings. The third kappa shape index (κ3) is 5.30. The fourth-order valence-corrected chi connectivity index (χ4v) is 6.92. The second kappa shape index (κ2) is 11.3. The minimum absolute atomic E-state index is 0.0566. The van der Waals surface area contributed by atoms with E-state index in [0.717, 1.165) is 23.9 Å². The zero-order valence-corrected chi connectivity index (χ0v) is 21.4. The highest BCUT2D eigenvalue weighted by Gasteiger charge is 2.44. The Morgan fingerprint density at radius 3 is 2.39 bits per heavy atom. The van der Waals surface area contributed by atoms with E-state index in [1.165, 1.54) is 64.9 Å². The average Bonchev–Trinajstić information content (AvgIpc) is 3.11. The minimum atomic E-state index is -0.957. The van der Waals surface area contributed by atoms with E-state index in [0.29, 0.717) is 18.1 Å². The Morgan fingerprint density at radius 2 is 1.69 bits per heavy atom. The van der Waals surface area contributed by atoms with Crippen molar-refractivity contribution in [3.05, 3.63) is 34.6 Å². The molecule has 3 fully saturated rings. The number of nitrogens with zero attached hydrogens (tertiary/aromatic N) is 3. The molecule has 0 amide bonds. The molecule has 0 radical (unpaired) electrons. The van der Waals surface area contributed by atoms with Gasteiger partial charge in [-0.1, -0.05) is 44.2 Å². The number of aliphatic hydroxyl groups excluding tert-OH is 1. The smallest absolute Gasteiger partial charge is 0.308 e. The van der Waals surface area contributed by atoms with Gasteiger partial charge in [-0.05, 0) is 50.7 Å². The fourth-order valence-electron chi connectivity index (χ4n) is 6.92. The van der Waals surface area contributed by atoms with Crippen molar-refractivity contribution < 1.29 is 14.6 Å². The topological polar surface area (TPSA) is 96.7 Å². The molecule has 1 aromatic carbocycles. The van der Waals surface area contributed by atoms with E-state index in [1.54, 1.807) is 0 Å². The van der Waals surface area contributed by atoms with Crippen molar-refractivity contribution in [3.63, 3.8) is 0 Å². The number of ether oxygens (including phenoxy) is 1. The van der Waals surface area contributed by atoms with Gasteiger partial charge in [-0.2, -0.15) is 0 Å². The summed E-state index contributed by atoms with van der Waals surface area (Å²) in [4.78, 5) is 32.6. The molecule has 3 atom stereocenters. The molecule has 2 N–H and O–H groups in total. The lowest BCUT2D eigenvalue weighted by Crippen LogP contribution is -2.50. The Balaban J connectivity index is 1.38. The zero-order valence-electron chi connectivity index (χ0n) is 21.4. The van der Waals surface area contributed by atoms with Gasteiger partial charge < -0.3 is 19.7 Å². The largest absolute Gasteiger partial charge is 0.469 e. The van der Waals surface area contributed by atoms with Crippen LogP contribution in [0.4, 0.5) is 5.82 Å². The molecule has 196 valence electrons. The zero-order chi connectivity index (χ0) is 25.1. The summed E-state index contributed by atoms with van der Waals surface area (Å²) in [6.07, 6.45) is 12.8. The lowest BCUT2D eigenvalue weighted by atomic mass is 9.89. The number of rotatable bonds is 7. The Hall–Kier alpha value is -2.45. The number of fused-ring (bicyclic) bond motifs is 3. The number of anilines is 1. The third-order valence-corrected chi connectivity index (χ3v) is 8.56. The van der Waals surface area contributed by atoms with E-state index in [2.05, 4.69) is 19.9 Å². The van der Waals surface area contributed by atoms with Gasteiger partial charge in [0.05, 0.1) is 30.7 Å². The molecule has 2 saturated heterocycles. The van der Waals surface area contributed by atoms with Crippen molar-refractivity contribution >= 4 is 22.8 Å². The molecule has 5 rings (SSSR count). The normalized spacial score (nSPS) is 26.3. The van der Waals surface area contributed by atoms with Crippen LogP contribution in [0.25, 0.3) is 11.0 Å². The third-order valence-electron chi connectivity index (χ3n) is 8.56. The predicted molar refractivity (Wildman–Crippen MR) is 140 cm³/mol. The van der Waals surface area contributed by atoms with E-state index < -0.39 is 12.1 Å². The van der Waals surface area contributed by atoms with Crippen LogP contribution in [-0.4, -0.2) is 63.4 Å². The number of carbonyl (C=O) groups excluding carboxylic acids is 1. The van der Waals surface area contributed by atoms with Gasteiger partial charge in [-0.25, -0.2) is 4.98 Å². The van der Waals surface area contributed by atoms with E-state index in [-0.39, 0.29) is 30.4 Å². The van der Waals surface area contributed by atoms with Crippen LogP contribution < -0.4 is 10.9 Å². The summed E-state index contributed by atoms with van der Waals surface area (Å²) in [5.41, 5.74) is 1.48. The number of para-hydroxylation sites is 2. The Bertz CT molecular complexity index is 1100. The quantitative estimate of drug-likeness (QED) is 0.559. The van der Waals surface area contributed by atoms with Gasteiger partial charge in [0, 0.05) is 30.7 Å². The van der Waals surface area contributed by atoms with Gasteiger partial charge in [0.25, 0.3) is 5.56 Å². The minimum Gasteiger partial charge on any atom is -0.469 e. The number of methoxy groups -OCH3 is 1. The van der Waals surface area contributed by atoms with Gasteiger partial charge in [-0.3, -0.25) is 14.5 Å². The molecule has 8 heteroatoms. The number of carbonyl (C=O) groups is 1. The molecule has 0 spiro atoms. The summed E-state index contributed by atoms with van der Waals surface area (Å²) in [5, 5.41) is 13.2. The maximum atomic E-state index is 13.7. The second-order valence-corrected chi connectivity index (χ2v) is 10.9. The predicted octanol–water partition coefficient (Wildman–Crippen LogP) is 4.01. The van der Waals surface area contributed by atoms with Crippen molar-refractivity contribution in [3.8, 4) is 0 Å². The van der Waals surface area contributed by atoms with Crippen LogP contribution in [0.5, 0.6) is 0 Å². The molecule has 1 saturated carbocycles. The van der Waals surface area contributed by atoms with Gasteiger partial charge in [0.1, 0.15) is 0 Å². The molecule has 8 nitrogen and oxygen atoms in total. The number of aromatic nitrogens is 2. The summed E-state index contributed by atoms with van der Waals surface area (Å²) < 4.78 is 6.59. The van der Waals surface area contributed by atoms with E-state index in [4.69, 9.17) is 0 Å². The molecule has 3 unspecified atom stereocenters. The monoisotopic (exact) mass is 496 g/mol. The molecule has 2 aliphatic heterocycles. The highest BCUT2D eigenvalue weighted by atomic mass is 16.5. The highest BCUT2D eigenvalue weighted by Crippen LogP contribution is 2.44. The molecular weight excluding hydrogens is 456 g/mol. The first-order valence-electron chi connectivity index (χ1n) is 13.8. The van der Waals surface area contributed by atoms with Crippen LogP contribution in [0.2, 0.25) is 0 Å². The molecular formula is C28H40N4O4. The summed E-state index contributed by atoms with van der Waals surface area (Å²) in [6.45, 7) is 0.0566. The number of aliphatic hydroxyl groups is 1. The summed E-state index contributed by atoms with van der Waals surface area (Å²) in [5.74, 6) is -0.257. The Kier molecular flexibility index (Phi) is 7.91. The van der Waals surface area contributed by atoms with Crippen molar-refractivity contribution in [2.75, 3.05) is 19.0 Å². The van der Waals surface area contributed by atoms with E-state index in [1.807, 2.05) is 28.8 Å². The van der Waals surface area contributed by atoms with Crippen LogP contribution in [0.3, 0.4) is 0 Å². The lowest BCUT2D eigenvalue weighted by Gasteiger charge is -2.45. The molecule has 2 aromatic rings. The standard InChI is InChI=1S/C28H40N4O4/c1-36-26(34)17-23(33)18-29-27-28(35)32(25-12-8-7-11-24(25)30-27)22-15-20-13-14-21(16-22)31(20)19-9-5-3-2-4-6-10-19/h7-8,11-12,19-23,33H,2-6,9-10,13-18H2,1H3,(H,29,30). The second-order valence-electron chi connectivity index (χ2n) is 10.9. The molecule has 2 bridgehead atoms.